The van der Waals surface area contributed by atoms with Gasteiger partial charge in [0.05, 0.1) is 0 Å². The lowest BCUT2D eigenvalue weighted by Gasteiger charge is -2.36. The van der Waals surface area contributed by atoms with Gasteiger partial charge in [0.2, 0.25) is 0 Å². The van der Waals surface area contributed by atoms with Crippen LogP contribution in [0, 0.1) is 0 Å². The van der Waals surface area contributed by atoms with E-state index in [-0.39, 0.29) is 0 Å². The highest BCUT2D eigenvalue weighted by Crippen LogP contribution is 2.41. The number of nitrogens with zero attached hydrogens (tertiary/aromatic N) is 1. The smallest absolute Gasteiger partial charge is 0.0314 e. The molecule has 3 rings (SSSR count). The summed E-state index contributed by atoms with van der Waals surface area (Å²) in [5.74, 6) is 0. The molecule has 1 aromatic rings. The minimum absolute atomic E-state index is 0.798. The van der Waals surface area contributed by atoms with Crippen molar-refractivity contribution in [1.82, 2.24) is 4.90 Å². The van der Waals surface area contributed by atoms with Gasteiger partial charge < -0.3 is 10.6 Å². The minimum Gasteiger partial charge on any atom is -0.399 e. The molecule has 2 aliphatic heterocycles. The van der Waals surface area contributed by atoms with E-state index >= 15 is 0 Å². The van der Waals surface area contributed by atoms with Gasteiger partial charge in [-0.15, -0.1) is 11.8 Å². The highest BCUT2D eigenvalue weighted by molar-refractivity contribution is 8.00. The van der Waals surface area contributed by atoms with Crippen molar-refractivity contribution >= 4 is 17.4 Å². The second-order valence-electron chi connectivity index (χ2n) is 5.33. The fourth-order valence-electron chi connectivity index (χ4n) is 3.20. The van der Waals surface area contributed by atoms with Crippen LogP contribution in [0.5, 0.6) is 0 Å². The fraction of sp³-hybridized carbons (Fsp3) is 0.571. The second kappa shape index (κ2) is 4.54. The Balaban J connectivity index is 1.65. The zero-order valence-electron chi connectivity index (χ0n) is 10.3. The van der Waals surface area contributed by atoms with Crippen LogP contribution >= 0.6 is 11.8 Å². The zero-order valence-corrected chi connectivity index (χ0v) is 11.1. The van der Waals surface area contributed by atoms with Crippen LogP contribution in [-0.4, -0.2) is 29.3 Å². The molecular weight excluding hydrogens is 228 g/mol. The van der Waals surface area contributed by atoms with Crippen LogP contribution in [0.25, 0.3) is 0 Å². The Hall–Kier alpha value is -0.670. The topological polar surface area (TPSA) is 29.3 Å². The third-order valence-corrected chi connectivity index (χ3v) is 5.50. The largest absolute Gasteiger partial charge is 0.399 e. The predicted octanol–water partition coefficient (Wildman–Crippen LogP) is 2.99. The number of anilines is 1. The van der Waals surface area contributed by atoms with Gasteiger partial charge in [0.25, 0.3) is 0 Å². The predicted molar refractivity (Wildman–Crippen MR) is 74.3 cm³/mol. The average molecular weight is 248 g/mol. The van der Waals surface area contributed by atoms with Crippen LogP contribution in [-0.2, 0) is 0 Å². The number of hydrogen-bond acceptors (Lipinski definition) is 3. The van der Waals surface area contributed by atoms with Crippen LogP contribution < -0.4 is 5.73 Å². The molecule has 2 saturated heterocycles. The molecule has 1 unspecified atom stereocenters. The highest BCUT2D eigenvalue weighted by Gasteiger charge is 2.38. The Morgan fingerprint density at radius 3 is 2.29 bits per heavy atom. The summed E-state index contributed by atoms with van der Waals surface area (Å²) < 4.78 is 0. The van der Waals surface area contributed by atoms with Gasteiger partial charge in [0.1, 0.15) is 0 Å². The summed E-state index contributed by atoms with van der Waals surface area (Å²) in [5.41, 5.74) is 6.58. The SMILES string of the molecule is CN1[C@@H]2CC[C@H]1CC(Sc1ccc(N)cc1)C2. The van der Waals surface area contributed by atoms with Gasteiger partial charge in [-0.05, 0) is 57.0 Å². The summed E-state index contributed by atoms with van der Waals surface area (Å²) in [4.78, 5) is 3.97. The molecular formula is C14H20N2S. The molecule has 2 fully saturated rings. The first-order valence-electron chi connectivity index (χ1n) is 6.46. The molecule has 0 radical (unpaired) electrons. The second-order valence-corrected chi connectivity index (χ2v) is 6.70. The zero-order chi connectivity index (χ0) is 11.8. The molecule has 2 heterocycles. The Kier molecular flexibility index (Phi) is 3.05. The number of rotatable bonds is 2. The van der Waals surface area contributed by atoms with Gasteiger partial charge in [-0.2, -0.15) is 0 Å². The molecule has 0 aromatic heterocycles. The molecule has 92 valence electrons. The molecule has 2 nitrogen and oxygen atoms in total. The number of fused-ring (bicyclic) bond motifs is 2. The van der Waals surface area contributed by atoms with Crippen LogP contribution in [0.4, 0.5) is 5.69 Å². The first kappa shape index (κ1) is 11.4. The first-order chi connectivity index (χ1) is 8.22. The van der Waals surface area contributed by atoms with Crippen molar-refractivity contribution in [1.29, 1.82) is 0 Å². The summed E-state index contributed by atoms with van der Waals surface area (Å²) >= 11 is 2.04. The molecule has 0 spiro atoms. The van der Waals surface area contributed by atoms with Crippen molar-refractivity contribution in [2.75, 3.05) is 12.8 Å². The van der Waals surface area contributed by atoms with Crippen molar-refractivity contribution in [3.63, 3.8) is 0 Å². The number of piperidine rings is 1. The number of nitrogen functional groups attached to an aromatic ring is 1. The molecule has 0 aliphatic carbocycles. The summed E-state index contributed by atoms with van der Waals surface area (Å²) in [5, 5.41) is 0.798. The van der Waals surface area contributed by atoms with E-state index in [1.165, 1.54) is 30.6 Å². The number of nitrogens with two attached hydrogens (primary N) is 1. The third-order valence-electron chi connectivity index (χ3n) is 4.24. The van der Waals surface area contributed by atoms with E-state index in [2.05, 4.69) is 24.1 Å². The third kappa shape index (κ3) is 2.31. The molecule has 17 heavy (non-hydrogen) atoms. The molecule has 2 aliphatic rings. The van der Waals surface area contributed by atoms with E-state index in [4.69, 9.17) is 5.73 Å². The monoisotopic (exact) mass is 248 g/mol. The van der Waals surface area contributed by atoms with E-state index < -0.39 is 0 Å². The van der Waals surface area contributed by atoms with E-state index in [9.17, 15) is 0 Å². The van der Waals surface area contributed by atoms with E-state index in [1.54, 1.807) is 0 Å². The van der Waals surface area contributed by atoms with Crippen LogP contribution in [0.3, 0.4) is 0 Å². The van der Waals surface area contributed by atoms with Crippen molar-refractivity contribution in [2.24, 2.45) is 0 Å². The molecule has 0 amide bonds. The van der Waals surface area contributed by atoms with E-state index in [0.717, 1.165) is 23.0 Å². The highest BCUT2D eigenvalue weighted by atomic mass is 32.2. The maximum Gasteiger partial charge on any atom is 0.0314 e. The summed E-state index contributed by atoms with van der Waals surface area (Å²) in [6.07, 6.45) is 5.50. The molecule has 3 atom stereocenters. The number of benzene rings is 1. The average Bonchev–Trinajstić information content (AvgIpc) is 2.55. The lowest BCUT2D eigenvalue weighted by atomic mass is 10.0. The standard InChI is InChI=1S/C14H20N2S/c1-16-11-4-5-12(16)9-14(8-11)17-13-6-2-10(15)3-7-13/h2-3,6-7,11-12,14H,4-5,8-9,15H2,1H3/t11-,12+,14?. The molecule has 2 bridgehead atoms. The molecule has 2 N–H and O–H groups in total. The van der Waals surface area contributed by atoms with Gasteiger partial charge in [-0.25, -0.2) is 0 Å². The van der Waals surface area contributed by atoms with Gasteiger partial charge in [-0.3, -0.25) is 0 Å². The number of hydrogen-bond donors (Lipinski definition) is 1. The Bertz CT molecular complexity index is 376. The quantitative estimate of drug-likeness (QED) is 0.816. The fourth-order valence-corrected chi connectivity index (χ4v) is 4.51. The van der Waals surface area contributed by atoms with Crippen molar-refractivity contribution in [3.8, 4) is 0 Å². The first-order valence-corrected chi connectivity index (χ1v) is 7.34. The summed E-state index contributed by atoms with van der Waals surface area (Å²) in [7, 11) is 2.30. The van der Waals surface area contributed by atoms with Crippen LogP contribution in [0.1, 0.15) is 25.7 Å². The van der Waals surface area contributed by atoms with E-state index in [0.29, 0.717) is 0 Å². The Morgan fingerprint density at radius 1 is 1.12 bits per heavy atom. The normalized spacial score (nSPS) is 32.9. The summed E-state index contributed by atoms with van der Waals surface area (Å²) in [6.45, 7) is 0. The van der Waals surface area contributed by atoms with E-state index in [1.807, 2.05) is 23.9 Å². The molecule has 0 saturated carbocycles. The van der Waals surface area contributed by atoms with Crippen LogP contribution in [0.15, 0.2) is 29.2 Å². The Morgan fingerprint density at radius 2 is 1.71 bits per heavy atom. The maximum absolute atomic E-state index is 5.72. The summed E-state index contributed by atoms with van der Waals surface area (Å²) in [6, 6.07) is 9.98. The number of thioether (sulfide) groups is 1. The van der Waals surface area contributed by atoms with Crippen molar-refractivity contribution in [3.05, 3.63) is 24.3 Å². The Labute approximate surface area is 108 Å². The maximum atomic E-state index is 5.72. The van der Waals surface area contributed by atoms with Gasteiger partial charge in [0.15, 0.2) is 0 Å². The molecule has 1 aromatic carbocycles. The minimum atomic E-state index is 0.798. The lowest BCUT2D eigenvalue weighted by Crippen LogP contribution is -2.40. The van der Waals surface area contributed by atoms with Crippen molar-refractivity contribution < 1.29 is 0 Å². The molecule has 3 heteroatoms. The van der Waals surface area contributed by atoms with Crippen LogP contribution in [0.2, 0.25) is 0 Å². The van der Waals surface area contributed by atoms with Gasteiger partial charge in [0, 0.05) is 27.9 Å². The van der Waals surface area contributed by atoms with Crippen molar-refractivity contribution in [2.45, 2.75) is 47.9 Å². The van der Waals surface area contributed by atoms with Gasteiger partial charge >= 0.3 is 0 Å². The van der Waals surface area contributed by atoms with Gasteiger partial charge in [-0.1, -0.05) is 0 Å². The lowest BCUT2D eigenvalue weighted by molar-refractivity contribution is 0.183.